The molecule has 0 aromatic carbocycles. The molecule has 0 heterocycles. The molecule has 3 N–H and O–H groups in total. The fraction of sp³-hybridized carbons (Fsp3) is 0.929. The highest BCUT2D eigenvalue weighted by Gasteiger charge is 2.25. The Balaban J connectivity index is 0.00000289. The summed E-state index contributed by atoms with van der Waals surface area (Å²) >= 11 is 0. The lowest BCUT2D eigenvalue weighted by atomic mass is 9.78. The summed E-state index contributed by atoms with van der Waals surface area (Å²) in [6.07, 6.45) is 8.15. The first-order valence-corrected chi connectivity index (χ1v) is 7.14. The van der Waals surface area contributed by atoms with Crippen molar-refractivity contribution in [1.82, 2.24) is 5.32 Å². The van der Waals surface area contributed by atoms with Crippen molar-refractivity contribution in [3.63, 3.8) is 0 Å². The Morgan fingerprint density at radius 3 is 2.44 bits per heavy atom. The minimum absolute atomic E-state index is 0. The second-order valence-electron chi connectivity index (χ2n) is 5.51. The molecule has 4 heteroatoms. The molecule has 1 amide bonds. The number of hydrogen-bond acceptors (Lipinski definition) is 2. The van der Waals surface area contributed by atoms with Gasteiger partial charge < -0.3 is 11.1 Å². The van der Waals surface area contributed by atoms with Gasteiger partial charge in [-0.15, -0.1) is 12.4 Å². The average Bonchev–Trinajstić information content (AvgIpc) is 2.36. The molecular formula is C14H29ClN2O. The highest BCUT2D eigenvalue weighted by atomic mass is 35.5. The van der Waals surface area contributed by atoms with E-state index in [4.69, 9.17) is 5.73 Å². The molecule has 1 aliphatic carbocycles. The SMILES string of the molecule is CC(NC(=O)CCCN)C(C)C1CCCCC1.Cl. The average molecular weight is 277 g/mol. The zero-order chi connectivity index (χ0) is 12.7. The van der Waals surface area contributed by atoms with Crippen molar-refractivity contribution in [2.24, 2.45) is 17.6 Å². The molecule has 0 aromatic rings. The van der Waals surface area contributed by atoms with Crippen molar-refractivity contribution in [1.29, 1.82) is 0 Å². The standard InChI is InChI=1S/C14H28N2O.ClH/c1-11(13-7-4-3-5-8-13)12(2)16-14(17)9-6-10-15;/h11-13H,3-10,15H2,1-2H3,(H,16,17);1H. The number of amides is 1. The van der Waals surface area contributed by atoms with E-state index >= 15 is 0 Å². The van der Waals surface area contributed by atoms with Gasteiger partial charge in [0.15, 0.2) is 0 Å². The summed E-state index contributed by atoms with van der Waals surface area (Å²) in [5.41, 5.74) is 5.40. The molecule has 2 unspecified atom stereocenters. The Morgan fingerprint density at radius 1 is 1.28 bits per heavy atom. The Kier molecular flexibility index (Phi) is 9.47. The minimum atomic E-state index is 0. The van der Waals surface area contributed by atoms with E-state index in [1.807, 2.05) is 0 Å². The first-order valence-electron chi connectivity index (χ1n) is 7.14. The van der Waals surface area contributed by atoms with Crippen molar-refractivity contribution < 1.29 is 4.79 Å². The van der Waals surface area contributed by atoms with Crippen molar-refractivity contribution in [2.45, 2.75) is 64.8 Å². The number of hydrogen-bond donors (Lipinski definition) is 2. The summed E-state index contributed by atoms with van der Waals surface area (Å²) in [6.45, 7) is 5.02. The highest BCUT2D eigenvalue weighted by Crippen LogP contribution is 2.31. The van der Waals surface area contributed by atoms with Crippen LogP contribution in [0.15, 0.2) is 0 Å². The Bertz CT molecular complexity index is 230. The maximum atomic E-state index is 11.6. The van der Waals surface area contributed by atoms with Gasteiger partial charge in [0, 0.05) is 12.5 Å². The smallest absolute Gasteiger partial charge is 0.220 e. The van der Waals surface area contributed by atoms with Crippen LogP contribution >= 0.6 is 12.4 Å². The lowest BCUT2D eigenvalue weighted by Crippen LogP contribution is -2.40. The van der Waals surface area contributed by atoms with Crippen molar-refractivity contribution in [3.05, 3.63) is 0 Å². The van der Waals surface area contributed by atoms with E-state index < -0.39 is 0 Å². The van der Waals surface area contributed by atoms with E-state index in [0.29, 0.717) is 24.9 Å². The summed E-state index contributed by atoms with van der Waals surface area (Å²) in [5.74, 6) is 1.55. The van der Waals surface area contributed by atoms with Crippen LogP contribution in [0.1, 0.15) is 58.8 Å². The molecule has 108 valence electrons. The molecule has 0 radical (unpaired) electrons. The molecule has 0 bridgehead atoms. The Labute approximate surface area is 118 Å². The minimum Gasteiger partial charge on any atom is -0.353 e. The Hall–Kier alpha value is -0.280. The van der Waals surface area contributed by atoms with Crippen LogP contribution < -0.4 is 11.1 Å². The van der Waals surface area contributed by atoms with E-state index in [9.17, 15) is 4.79 Å². The molecule has 1 aliphatic rings. The number of carbonyl (C=O) groups is 1. The van der Waals surface area contributed by atoms with Gasteiger partial charge in [0.1, 0.15) is 0 Å². The molecule has 3 nitrogen and oxygen atoms in total. The molecule has 1 saturated carbocycles. The van der Waals surface area contributed by atoms with E-state index in [1.165, 1.54) is 32.1 Å². The molecular weight excluding hydrogens is 248 g/mol. The zero-order valence-electron chi connectivity index (χ0n) is 11.8. The van der Waals surface area contributed by atoms with Gasteiger partial charge in [0.25, 0.3) is 0 Å². The van der Waals surface area contributed by atoms with Gasteiger partial charge in [-0.25, -0.2) is 0 Å². The van der Waals surface area contributed by atoms with Gasteiger partial charge in [-0.3, -0.25) is 4.79 Å². The number of nitrogens with one attached hydrogen (secondary N) is 1. The largest absolute Gasteiger partial charge is 0.353 e. The number of carbonyl (C=O) groups excluding carboxylic acids is 1. The van der Waals surface area contributed by atoms with Crippen molar-refractivity contribution in [3.8, 4) is 0 Å². The predicted octanol–water partition coefficient (Wildman–Crippen LogP) is 2.87. The number of nitrogens with two attached hydrogens (primary N) is 1. The molecule has 1 rings (SSSR count). The van der Waals surface area contributed by atoms with Crippen LogP contribution in [0.2, 0.25) is 0 Å². The fourth-order valence-electron chi connectivity index (χ4n) is 2.79. The highest BCUT2D eigenvalue weighted by molar-refractivity contribution is 5.85. The van der Waals surface area contributed by atoms with Gasteiger partial charge in [-0.05, 0) is 31.7 Å². The maximum absolute atomic E-state index is 11.6. The summed E-state index contributed by atoms with van der Waals surface area (Å²) in [4.78, 5) is 11.6. The molecule has 0 saturated heterocycles. The maximum Gasteiger partial charge on any atom is 0.220 e. The molecule has 18 heavy (non-hydrogen) atoms. The molecule has 0 aliphatic heterocycles. The topological polar surface area (TPSA) is 55.1 Å². The van der Waals surface area contributed by atoms with Gasteiger partial charge in [0.2, 0.25) is 5.91 Å². The zero-order valence-corrected chi connectivity index (χ0v) is 12.6. The lowest BCUT2D eigenvalue weighted by Gasteiger charge is -2.32. The van der Waals surface area contributed by atoms with Crippen LogP contribution in [0.25, 0.3) is 0 Å². The second kappa shape index (κ2) is 9.62. The summed E-state index contributed by atoms with van der Waals surface area (Å²) in [5, 5.41) is 3.12. The van der Waals surface area contributed by atoms with Crippen molar-refractivity contribution in [2.75, 3.05) is 6.54 Å². The summed E-state index contributed by atoms with van der Waals surface area (Å²) in [7, 11) is 0. The predicted molar refractivity (Wildman–Crippen MR) is 78.9 cm³/mol. The summed E-state index contributed by atoms with van der Waals surface area (Å²) in [6, 6.07) is 0.295. The van der Waals surface area contributed by atoms with E-state index in [0.717, 1.165) is 12.3 Å². The normalized spacial score (nSPS) is 19.7. The van der Waals surface area contributed by atoms with Crippen LogP contribution in [0.4, 0.5) is 0 Å². The second-order valence-corrected chi connectivity index (χ2v) is 5.51. The molecule has 0 aromatic heterocycles. The van der Waals surface area contributed by atoms with Gasteiger partial charge >= 0.3 is 0 Å². The van der Waals surface area contributed by atoms with E-state index in [2.05, 4.69) is 19.2 Å². The molecule has 2 atom stereocenters. The number of halogens is 1. The lowest BCUT2D eigenvalue weighted by molar-refractivity contribution is -0.122. The van der Waals surface area contributed by atoms with Crippen LogP contribution in [-0.2, 0) is 4.79 Å². The van der Waals surface area contributed by atoms with Crippen molar-refractivity contribution >= 4 is 18.3 Å². The van der Waals surface area contributed by atoms with Gasteiger partial charge in [-0.2, -0.15) is 0 Å². The summed E-state index contributed by atoms with van der Waals surface area (Å²) < 4.78 is 0. The van der Waals surface area contributed by atoms with Crippen LogP contribution in [0, 0.1) is 11.8 Å². The van der Waals surface area contributed by atoms with Crippen LogP contribution in [-0.4, -0.2) is 18.5 Å². The molecule has 1 fully saturated rings. The quantitative estimate of drug-likeness (QED) is 0.784. The van der Waals surface area contributed by atoms with Crippen LogP contribution in [0.3, 0.4) is 0 Å². The van der Waals surface area contributed by atoms with E-state index in [1.54, 1.807) is 0 Å². The van der Waals surface area contributed by atoms with E-state index in [-0.39, 0.29) is 18.3 Å². The third-order valence-corrected chi connectivity index (χ3v) is 4.18. The van der Waals surface area contributed by atoms with Gasteiger partial charge in [0.05, 0.1) is 0 Å². The Morgan fingerprint density at radius 2 is 1.89 bits per heavy atom. The third kappa shape index (κ3) is 6.05. The molecule has 0 spiro atoms. The fourth-order valence-corrected chi connectivity index (χ4v) is 2.79. The monoisotopic (exact) mass is 276 g/mol. The number of rotatable bonds is 6. The first-order chi connectivity index (χ1) is 8.15. The van der Waals surface area contributed by atoms with Gasteiger partial charge in [-0.1, -0.05) is 39.0 Å². The van der Waals surface area contributed by atoms with Crippen LogP contribution in [0.5, 0.6) is 0 Å². The third-order valence-electron chi connectivity index (χ3n) is 4.18. The first kappa shape index (κ1) is 17.7.